The monoisotopic (exact) mass is 478 g/mol. The predicted octanol–water partition coefficient (Wildman–Crippen LogP) is 4.78. The van der Waals surface area contributed by atoms with Crippen LogP contribution in [-0.2, 0) is 26.9 Å². The molecule has 9 heteroatoms. The second-order valence-corrected chi connectivity index (χ2v) is 10.1. The van der Waals surface area contributed by atoms with Gasteiger partial charge in [0.2, 0.25) is 11.9 Å². The van der Waals surface area contributed by atoms with E-state index in [-0.39, 0.29) is 23.1 Å². The van der Waals surface area contributed by atoms with Crippen LogP contribution < -0.4 is 5.32 Å². The molecule has 1 amide bonds. The molecule has 5 aromatic rings. The third-order valence-electron chi connectivity index (χ3n) is 5.32. The Morgan fingerprint density at radius 2 is 1.73 bits per heavy atom. The first-order valence-electron chi connectivity index (χ1n) is 10.2. The van der Waals surface area contributed by atoms with Crippen LogP contribution in [0.25, 0.3) is 21.9 Å². The Labute approximate surface area is 194 Å². The maximum absolute atomic E-state index is 13.2. The number of carbonyl (C=O) groups excluding carboxylic acids is 1. The molecule has 0 bridgehead atoms. The molecule has 5 rings (SSSR count). The number of rotatable bonds is 6. The summed E-state index contributed by atoms with van der Waals surface area (Å²) in [5.74, 6) is -0.145. The van der Waals surface area contributed by atoms with Crippen molar-refractivity contribution < 1.29 is 13.2 Å². The number of sulfone groups is 1. The molecule has 2 aromatic heterocycles. The number of para-hydroxylation sites is 3. The molecule has 0 saturated carbocycles. The van der Waals surface area contributed by atoms with Gasteiger partial charge >= 0.3 is 0 Å². The number of carbonyl (C=O) groups is 1. The summed E-state index contributed by atoms with van der Waals surface area (Å²) in [6.07, 6.45) is 1.52. The molecular formula is C24H19ClN4O3S. The SMILES string of the molecule is O=C(Cn1cc(S(=O)(=O)Cc2ccc(Cl)cc2)c2ccccc21)Nc1nc2ccccc2[nH]1. The highest BCUT2D eigenvalue weighted by Gasteiger charge is 2.22. The van der Waals surface area contributed by atoms with E-state index in [1.54, 1.807) is 47.0 Å². The molecule has 2 N–H and O–H groups in total. The minimum atomic E-state index is -3.66. The van der Waals surface area contributed by atoms with Crippen molar-refractivity contribution in [1.82, 2.24) is 14.5 Å². The summed E-state index contributed by atoms with van der Waals surface area (Å²) in [7, 11) is -3.66. The second kappa shape index (κ2) is 8.38. The zero-order chi connectivity index (χ0) is 23.0. The lowest BCUT2D eigenvalue weighted by Crippen LogP contribution is -2.19. The van der Waals surface area contributed by atoms with Gasteiger partial charge in [0.25, 0.3) is 0 Å². The molecule has 2 heterocycles. The van der Waals surface area contributed by atoms with Crippen LogP contribution in [0.5, 0.6) is 0 Å². The topological polar surface area (TPSA) is 96.8 Å². The number of fused-ring (bicyclic) bond motifs is 2. The number of imidazole rings is 1. The van der Waals surface area contributed by atoms with Gasteiger partial charge in [-0.2, -0.15) is 0 Å². The van der Waals surface area contributed by atoms with Crippen LogP contribution in [0.4, 0.5) is 5.95 Å². The predicted molar refractivity (Wildman–Crippen MR) is 129 cm³/mol. The molecule has 3 aromatic carbocycles. The second-order valence-electron chi connectivity index (χ2n) is 7.67. The number of anilines is 1. The lowest BCUT2D eigenvalue weighted by Gasteiger charge is -2.05. The van der Waals surface area contributed by atoms with Gasteiger partial charge in [-0.3, -0.25) is 10.1 Å². The fraction of sp³-hybridized carbons (Fsp3) is 0.0833. The van der Waals surface area contributed by atoms with Crippen molar-refractivity contribution in [1.29, 1.82) is 0 Å². The zero-order valence-electron chi connectivity index (χ0n) is 17.3. The number of aromatic amines is 1. The van der Waals surface area contributed by atoms with Crippen LogP contribution in [-0.4, -0.2) is 28.9 Å². The van der Waals surface area contributed by atoms with Crippen LogP contribution in [0.1, 0.15) is 5.56 Å². The quantitative estimate of drug-likeness (QED) is 0.367. The summed E-state index contributed by atoms with van der Waals surface area (Å²) in [6.45, 7) is -0.0615. The highest BCUT2D eigenvalue weighted by molar-refractivity contribution is 7.90. The van der Waals surface area contributed by atoms with E-state index in [0.29, 0.717) is 27.4 Å². The summed E-state index contributed by atoms with van der Waals surface area (Å²) in [5.41, 5.74) is 2.86. The normalized spacial score (nSPS) is 11.8. The lowest BCUT2D eigenvalue weighted by molar-refractivity contribution is -0.116. The van der Waals surface area contributed by atoms with Gasteiger partial charge < -0.3 is 9.55 Å². The van der Waals surface area contributed by atoms with Gasteiger partial charge in [0.15, 0.2) is 9.84 Å². The smallest absolute Gasteiger partial charge is 0.246 e. The van der Waals surface area contributed by atoms with Crippen molar-refractivity contribution in [2.75, 3.05) is 5.32 Å². The van der Waals surface area contributed by atoms with Gasteiger partial charge in [0.05, 0.1) is 21.7 Å². The first kappa shape index (κ1) is 21.2. The fourth-order valence-electron chi connectivity index (χ4n) is 3.81. The van der Waals surface area contributed by atoms with E-state index in [0.717, 1.165) is 11.0 Å². The maximum atomic E-state index is 13.2. The number of benzene rings is 3. The Bertz CT molecular complexity index is 1550. The Kier molecular flexibility index (Phi) is 5.39. The van der Waals surface area contributed by atoms with E-state index in [1.807, 2.05) is 30.3 Å². The average molecular weight is 479 g/mol. The third kappa shape index (κ3) is 4.35. The molecule has 0 fully saturated rings. The Hall–Kier alpha value is -3.62. The molecule has 0 unspecified atom stereocenters. The van der Waals surface area contributed by atoms with Crippen molar-refractivity contribution in [3.8, 4) is 0 Å². The summed E-state index contributed by atoms with van der Waals surface area (Å²) in [4.78, 5) is 20.3. The van der Waals surface area contributed by atoms with Gasteiger partial charge in [0.1, 0.15) is 6.54 Å². The summed E-state index contributed by atoms with van der Waals surface area (Å²) < 4.78 is 28.1. The standard InChI is InChI=1S/C24H19ClN4O3S/c25-17-11-9-16(10-12-17)15-33(31,32)22-13-29(21-8-4-1-5-18(21)22)14-23(30)28-24-26-19-6-2-3-7-20(19)27-24/h1-13H,14-15H2,(H2,26,27,28,30). The molecule has 0 spiro atoms. The number of halogens is 1. The van der Waals surface area contributed by atoms with Crippen LogP contribution in [0, 0.1) is 0 Å². The van der Waals surface area contributed by atoms with Crippen molar-refractivity contribution in [2.24, 2.45) is 0 Å². The number of H-pyrrole nitrogens is 1. The largest absolute Gasteiger partial charge is 0.337 e. The van der Waals surface area contributed by atoms with Crippen LogP contribution in [0.3, 0.4) is 0 Å². The molecule has 33 heavy (non-hydrogen) atoms. The Morgan fingerprint density at radius 3 is 2.52 bits per heavy atom. The molecule has 0 radical (unpaired) electrons. The minimum absolute atomic E-state index is 0.0615. The first-order chi connectivity index (χ1) is 15.9. The number of nitrogens with one attached hydrogen (secondary N) is 2. The maximum Gasteiger partial charge on any atom is 0.246 e. The van der Waals surface area contributed by atoms with Gasteiger partial charge in [-0.05, 0) is 35.9 Å². The first-order valence-corrected chi connectivity index (χ1v) is 12.2. The van der Waals surface area contributed by atoms with Crippen molar-refractivity contribution in [3.63, 3.8) is 0 Å². The fourth-order valence-corrected chi connectivity index (χ4v) is 5.52. The number of amides is 1. The van der Waals surface area contributed by atoms with E-state index < -0.39 is 9.84 Å². The number of nitrogens with zero attached hydrogens (tertiary/aromatic N) is 2. The van der Waals surface area contributed by atoms with Gasteiger partial charge in [-0.15, -0.1) is 0 Å². The summed E-state index contributed by atoms with van der Waals surface area (Å²) in [5, 5.41) is 3.87. The molecule has 7 nitrogen and oxygen atoms in total. The molecule has 0 atom stereocenters. The van der Waals surface area contributed by atoms with E-state index >= 15 is 0 Å². The molecule has 0 saturated heterocycles. The number of aromatic nitrogens is 3. The summed E-state index contributed by atoms with van der Waals surface area (Å²) in [6, 6.07) is 21.3. The summed E-state index contributed by atoms with van der Waals surface area (Å²) >= 11 is 5.91. The number of hydrogen-bond acceptors (Lipinski definition) is 4. The Balaban J connectivity index is 1.43. The molecule has 0 aliphatic rings. The third-order valence-corrected chi connectivity index (χ3v) is 7.28. The molecular weight excluding hydrogens is 460 g/mol. The van der Waals surface area contributed by atoms with Crippen LogP contribution in [0.2, 0.25) is 5.02 Å². The minimum Gasteiger partial charge on any atom is -0.337 e. The van der Waals surface area contributed by atoms with Crippen molar-refractivity contribution in [2.45, 2.75) is 17.2 Å². The van der Waals surface area contributed by atoms with Crippen molar-refractivity contribution >= 4 is 55.2 Å². The van der Waals surface area contributed by atoms with Gasteiger partial charge in [0, 0.05) is 22.1 Å². The Morgan fingerprint density at radius 1 is 1.00 bits per heavy atom. The van der Waals surface area contributed by atoms with E-state index in [1.165, 1.54) is 6.20 Å². The number of hydrogen-bond donors (Lipinski definition) is 2. The van der Waals surface area contributed by atoms with Gasteiger partial charge in [-0.1, -0.05) is 54.1 Å². The molecule has 0 aliphatic carbocycles. The van der Waals surface area contributed by atoms with Crippen LogP contribution >= 0.6 is 11.6 Å². The highest BCUT2D eigenvalue weighted by atomic mass is 35.5. The highest BCUT2D eigenvalue weighted by Crippen LogP contribution is 2.28. The van der Waals surface area contributed by atoms with Crippen LogP contribution in [0.15, 0.2) is 83.9 Å². The zero-order valence-corrected chi connectivity index (χ0v) is 18.9. The van der Waals surface area contributed by atoms with E-state index in [4.69, 9.17) is 11.6 Å². The average Bonchev–Trinajstić information content (AvgIpc) is 3.36. The molecule has 166 valence electrons. The molecule has 0 aliphatic heterocycles. The van der Waals surface area contributed by atoms with Crippen molar-refractivity contribution in [3.05, 3.63) is 89.6 Å². The van der Waals surface area contributed by atoms with Gasteiger partial charge in [-0.25, -0.2) is 13.4 Å². The lowest BCUT2D eigenvalue weighted by atomic mass is 10.2. The van der Waals surface area contributed by atoms with E-state index in [9.17, 15) is 13.2 Å². The van der Waals surface area contributed by atoms with E-state index in [2.05, 4.69) is 15.3 Å².